The molecule has 0 aromatic heterocycles. The van der Waals surface area contributed by atoms with E-state index in [9.17, 15) is 10.2 Å². The van der Waals surface area contributed by atoms with E-state index in [4.69, 9.17) is 5.73 Å². The van der Waals surface area contributed by atoms with E-state index < -0.39 is 12.2 Å². The molecule has 5 heteroatoms. The minimum absolute atomic E-state index is 0. The van der Waals surface area contributed by atoms with E-state index in [1.807, 2.05) is 0 Å². The van der Waals surface area contributed by atoms with Gasteiger partial charge in [0, 0.05) is 6.04 Å². The van der Waals surface area contributed by atoms with Gasteiger partial charge in [0.15, 0.2) is 0 Å². The zero-order chi connectivity index (χ0) is 12.8. The number of hydrogen-bond donors (Lipinski definition) is 3. The Balaban J connectivity index is 0. The molecule has 3 atom stereocenters. The third-order valence-electron chi connectivity index (χ3n) is 3.93. The smallest absolute Gasteiger partial charge is 0.0814 e. The summed E-state index contributed by atoms with van der Waals surface area (Å²) < 4.78 is 0. The van der Waals surface area contributed by atoms with Gasteiger partial charge in [-0.2, -0.15) is 0 Å². The second kappa shape index (κ2) is 11.2. The molecule has 0 aromatic rings. The Morgan fingerprint density at radius 1 is 0.947 bits per heavy atom. The van der Waals surface area contributed by atoms with Crippen molar-refractivity contribution in [2.45, 2.75) is 77.0 Å². The zero-order valence-electron chi connectivity index (χ0n) is 12.1. The van der Waals surface area contributed by atoms with Gasteiger partial charge in [0.2, 0.25) is 0 Å². The third-order valence-corrected chi connectivity index (χ3v) is 3.93. The summed E-state index contributed by atoms with van der Waals surface area (Å²) in [6, 6.07) is 0.0483. The normalized spacial score (nSPS) is 21.2. The number of nitrogens with two attached hydrogens (primary N) is 1. The first-order valence-electron chi connectivity index (χ1n) is 7.12. The summed E-state index contributed by atoms with van der Waals surface area (Å²) in [6.07, 6.45) is 6.15. The minimum Gasteiger partial charge on any atom is -0.390 e. The number of hydrogen-bond acceptors (Lipinski definition) is 3. The molecule has 1 fully saturated rings. The standard InChI is InChI=1S/C14H29NO2.2ClH/c1-10(2)8-13(16)14(17)9-12(15)11-6-4-3-5-7-11;;/h10-14,16-17H,3-9,15H2,1-2H3;2*1H/t12?,13-,14+;;/m0../s1. The van der Waals surface area contributed by atoms with Crippen molar-refractivity contribution in [1.82, 2.24) is 0 Å². The Morgan fingerprint density at radius 2 is 1.42 bits per heavy atom. The lowest BCUT2D eigenvalue weighted by Crippen LogP contribution is -2.39. The maximum atomic E-state index is 9.94. The molecule has 0 radical (unpaired) electrons. The molecule has 1 aliphatic rings. The molecule has 3 nitrogen and oxygen atoms in total. The average molecular weight is 316 g/mol. The van der Waals surface area contributed by atoms with Crippen molar-refractivity contribution >= 4 is 24.8 Å². The highest BCUT2D eigenvalue weighted by atomic mass is 35.5. The van der Waals surface area contributed by atoms with Crippen LogP contribution in [0.25, 0.3) is 0 Å². The Hall–Kier alpha value is 0.460. The molecule has 1 aliphatic carbocycles. The predicted molar refractivity (Wildman–Crippen MR) is 85.1 cm³/mol. The van der Waals surface area contributed by atoms with E-state index in [0.29, 0.717) is 24.7 Å². The third kappa shape index (κ3) is 8.36. The lowest BCUT2D eigenvalue weighted by atomic mass is 9.81. The van der Waals surface area contributed by atoms with Crippen LogP contribution in [0.4, 0.5) is 0 Å². The number of aliphatic hydroxyl groups is 2. The first-order valence-corrected chi connectivity index (χ1v) is 7.12. The van der Waals surface area contributed by atoms with Crippen molar-refractivity contribution in [2.75, 3.05) is 0 Å². The molecule has 1 saturated carbocycles. The summed E-state index contributed by atoms with van der Waals surface area (Å²) in [5, 5.41) is 19.8. The van der Waals surface area contributed by atoms with E-state index in [1.165, 1.54) is 32.1 Å². The average Bonchev–Trinajstić information content (AvgIpc) is 2.29. The molecule has 1 rings (SSSR count). The molecule has 1 unspecified atom stereocenters. The molecule has 0 spiro atoms. The van der Waals surface area contributed by atoms with Crippen molar-refractivity contribution in [2.24, 2.45) is 17.6 Å². The number of aliphatic hydroxyl groups excluding tert-OH is 2. The van der Waals surface area contributed by atoms with Gasteiger partial charge in [-0.3, -0.25) is 0 Å². The topological polar surface area (TPSA) is 66.5 Å². The van der Waals surface area contributed by atoms with Gasteiger partial charge in [-0.05, 0) is 37.5 Å². The summed E-state index contributed by atoms with van der Waals surface area (Å²) >= 11 is 0. The van der Waals surface area contributed by atoms with Crippen LogP contribution < -0.4 is 5.73 Å². The van der Waals surface area contributed by atoms with Crippen molar-refractivity contribution in [3.63, 3.8) is 0 Å². The van der Waals surface area contributed by atoms with Crippen molar-refractivity contribution < 1.29 is 10.2 Å². The summed E-state index contributed by atoms with van der Waals surface area (Å²) in [5.41, 5.74) is 6.15. The Kier molecular flexibility index (Phi) is 12.8. The van der Waals surface area contributed by atoms with Gasteiger partial charge < -0.3 is 15.9 Å². The van der Waals surface area contributed by atoms with Crippen LogP contribution in [0.3, 0.4) is 0 Å². The molecule has 0 heterocycles. The van der Waals surface area contributed by atoms with Gasteiger partial charge in [-0.25, -0.2) is 0 Å². The van der Waals surface area contributed by atoms with Crippen LogP contribution in [0.1, 0.15) is 58.8 Å². The first kappa shape index (κ1) is 21.8. The van der Waals surface area contributed by atoms with Crippen LogP contribution >= 0.6 is 24.8 Å². The molecular formula is C14H31Cl2NO2. The molecule has 0 aromatic carbocycles. The van der Waals surface area contributed by atoms with Gasteiger partial charge in [0.25, 0.3) is 0 Å². The molecule has 4 N–H and O–H groups in total. The van der Waals surface area contributed by atoms with Crippen molar-refractivity contribution in [1.29, 1.82) is 0 Å². The maximum Gasteiger partial charge on any atom is 0.0814 e. The van der Waals surface area contributed by atoms with E-state index in [2.05, 4.69) is 13.8 Å². The van der Waals surface area contributed by atoms with Crippen molar-refractivity contribution in [3.8, 4) is 0 Å². The molecular weight excluding hydrogens is 285 g/mol. The highest BCUT2D eigenvalue weighted by Crippen LogP contribution is 2.27. The fourth-order valence-electron chi connectivity index (χ4n) is 2.83. The molecule has 0 aliphatic heterocycles. The highest BCUT2D eigenvalue weighted by molar-refractivity contribution is 5.85. The number of halogens is 2. The summed E-state index contributed by atoms with van der Waals surface area (Å²) in [7, 11) is 0. The summed E-state index contributed by atoms with van der Waals surface area (Å²) in [6.45, 7) is 4.11. The lowest BCUT2D eigenvalue weighted by Gasteiger charge is -2.30. The monoisotopic (exact) mass is 315 g/mol. The zero-order valence-corrected chi connectivity index (χ0v) is 13.8. The largest absolute Gasteiger partial charge is 0.390 e. The van der Waals surface area contributed by atoms with Gasteiger partial charge in [-0.15, -0.1) is 24.8 Å². The Bertz CT molecular complexity index is 212. The van der Waals surface area contributed by atoms with Crippen LogP contribution in [0.5, 0.6) is 0 Å². The first-order chi connectivity index (χ1) is 8.00. The summed E-state index contributed by atoms with van der Waals surface area (Å²) in [5.74, 6) is 0.954. The van der Waals surface area contributed by atoms with Crippen LogP contribution in [-0.4, -0.2) is 28.5 Å². The fourth-order valence-corrected chi connectivity index (χ4v) is 2.83. The Labute approximate surface area is 130 Å². The van der Waals surface area contributed by atoms with E-state index >= 15 is 0 Å². The fraction of sp³-hybridized carbons (Fsp3) is 1.00. The van der Waals surface area contributed by atoms with Gasteiger partial charge in [0.1, 0.15) is 0 Å². The molecule has 118 valence electrons. The van der Waals surface area contributed by atoms with E-state index in [-0.39, 0.29) is 30.9 Å². The SMILES string of the molecule is CC(C)C[C@H](O)[C@H](O)CC(N)C1CCCCC1.Cl.Cl. The Morgan fingerprint density at radius 3 is 1.89 bits per heavy atom. The lowest BCUT2D eigenvalue weighted by molar-refractivity contribution is -0.00446. The predicted octanol–water partition coefficient (Wildman–Crippen LogP) is 2.90. The minimum atomic E-state index is -0.658. The van der Waals surface area contributed by atoms with E-state index in [1.54, 1.807) is 0 Å². The van der Waals surface area contributed by atoms with Gasteiger partial charge in [0.05, 0.1) is 12.2 Å². The highest BCUT2D eigenvalue weighted by Gasteiger charge is 2.26. The molecule has 19 heavy (non-hydrogen) atoms. The van der Waals surface area contributed by atoms with Crippen molar-refractivity contribution in [3.05, 3.63) is 0 Å². The van der Waals surface area contributed by atoms with E-state index in [0.717, 1.165) is 0 Å². The van der Waals surface area contributed by atoms with Gasteiger partial charge >= 0.3 is 0 Å². The molecule has 0 bridgehead atoms. The second-order valence-electron chi connectivity index (χ2n) is 6.06. The molecule has 0 amide bonds. The molecule has 0 saturated heterocycles. The van der Waals surface area contributed by atoms with Crippen LogP contribution in [0, 0.1) is 11.8 Å². The maximum absolute atomic E-state index is 9.94. The second-order valence-corrected chi connectivity index (χ2v) is 6.06. The van der Waals surface area contributed by atoms with Crippen LogP contribution in [0.2, 0.25) is 0 Å². The van der Waals surface area contributed by atoms with Gasteiger partial charge in [-0.1, -0.05) is 33.1 Å². The van der Waals surface area contributed by atoms with Crippen LogP contribution in [-0.2, 0) is 0 Å². The quantitative estimate of drug-likeness (QED) is 0.706. The number of rotatable bonds is 6. The van der Waals surface area contributed by atoms with Crippen LogP contribution in [0.15, 0.2) is 0 Å². The summed E-state index contributed by atoms with van der Waals surface area (Å²) in [4.78, 5) is 0.